The number of methoxy groups -OCH3 is 1. The van der Waals surface area contributed by atoms with Crippen LogP contribution in [0, 0.1) is 0 Å². The van der Waals surface area contributed by atoms with Gasteiger partial charge in [0.1, 0.15) is 5.75 Å². The van der Waals surface area contributed by atoms with Gasteiger partial charge in [0.2, 0.25) is 11.9 Å². The number of rotatable bonds is 8. The molecule has 1 fully saturated rings. The van der Waals surface area contributed by atoms with Crippen LogP contribution >= 0.6 is 0 Å². The number of hydrogen-bond donors (Lipinski definition) is 2. The van der Waals surface area contributed by atoms with Crippen molar-refractivity contribution in [1.82, 2.24) is 19.9 Å². The molecule has 4 aromatic rings. The fourth-order valence-electron chi connectivity index (χ4n) is 4.53. The molecule has 0 atom stereocenters. The molecule has 0 spiro atoms. The molecule has 2 N–H and O–H groups in total. The monoisotopic (exact) mass is 509 g/mol. The predicted molar refractivity (Wildman–Crippen MR) is 151 cm³/mol. The van der Waals surface area contributed by atoms with Crippen LogP contribution in [-0.4, -0.2) is 66.1 Å². The first-order chi connectivity index (χ1) is 18.5. The number of aromatic nitrogens is 3. The standard InChI is InChI=1S/C29H31N7O2/c1-4-27(37)31-21-8-5-7-20(17-21)18-25-23-9-6-12-30-28(23)34-29(33-25)32-24-11-10-22(19-26(24)38-3)36-15-13-35(2)14-16-36/h4-12,17,19H,1,13-16,18H2,2-3H3,(H,31,37)(H,30,32,33,34). The summed E-state index contributed by atoms with van der Waals surface area (Å²) in [4.78, 5) is 30.4. The molecule has 1 aliphatic heterocycles. The second-order valence-corrected chi connectivity index (χ2v) is 9.24. The number of nitrogens with zero attached hydrogens (tertiary/aromatic N) is 5. The topological polar surface area (TPSA) is 95.5 Å². The van der Waals surface area contributed by atoms with E-state index in [-0.39, 0.29) is 5.91 Å². The number of piperazine rings is 1. The summed E-state index contributed by atoms with van der Waals surface area (Å²) < 4.78 is 5.73. The number of hydrogen-bond acceptors (Lipinski definition) is 8. The summed E-state index contributed by atoms with van der Waals surface area (Å²) in [5.74, 6) is 0.907. The van der Waals surface area contributed by atoms with E-state index >= 15 is 0 Å². The number of amides is 1. The van der Waals surface area contributed by atoms with Crippen LogP contribution in [0.15, 0.2) is 73.4 Å². The first-order valence-electron chi connectivity index (χ1n) is 12.5. The normalized spacial score (nSPS) is 13.8. The number of carbonyl (C=O) groups excluding carboxylic acids is 1. The number of nitrogens with one attached hydrogen (secondary N) is 2. The number of carbonyl (C=O) groups is 1. The molecule has 1 amide bonds. The molecule has 0 unspecified atom stereocenters. The van der Waals surface area contributed by atoms with Crippen LogP contribution in [0.2, 0.25) is 0 Å². The SMILES string of the molecule is C=CC(=O)Nc1cccc(Cc2nc(Nc3ccc(N4CCN(C)CC4)cc3OC)nc3ncccc23)c1. The maximum atomic E-state index is 11.7. The molecule has 0 saturated carbocycles. The zero-order valence-electron chi connectivity index (χ0n) is 21.6. The summed E-state index contributed by atoms with van der Waals surface area (Å²) >= 11 is 0. The Morgan fingerprint density at radius 3 is 2.71 bits per heavy atom. The molecular weight excluding hydrogens is 478 g/mol. The summed E-state index contributed by atoms with van der Waals surface area (Å²) in [6.07, 6.45) is 3.51. The highest BCUT2D eigenvalue weighted by atomic mass is 16.5. The van der Waals surface area contributed by atoms with Gasteiger partial charge in [-0.3, -0.25) is 4.79 Å². The molecule has 5 rings (SSSR count). The average Bonchev–Trinajstić information content (AvgIpc) is 2.94. The minimum absolute atomic E-state index is 0.252. The lowest BCUT2D eigenvalue weighted by molar-refractivity contribution is -0.111. The summed E-state index contributed by atoms with van der Waals surface area (Å²) in [5, 5.41) is 7.02. The molecule has 0 radical (unpaired) electrons. The van der Waals surface area contributed by atoms with Crippen molar-refractivity contribution in [2.24, 2.45) is 0 Å². The first kappa shape index (κ1) is 25.2. The van der Waals surface area contributed by atoms with Crippen LogP contribution < -0.4 is 20.3 Å². The predicted octanol–water partition coefficient (Wildman–Crippen LogP) is 4.24. The highest BCUT2D eigenvalue weighted by Crippen LogP contribution is 2.32. The van der Waals surface area contributed by atoms with E-state index in [2.05, 4.69) is 56.2 Å². The van der Waals surface area contributed by atoms with E-state index < -0.39 is 0 Å². The second kappa shape index (κ2) is 11.3. The van der Waals surface area contributed by atoms with Crippen molar-refractivity contribution in [3.8, 4) is 5.75 Å². The van der Waals surface area contributed by atoms with Gasteiger partial charge in [-0.15, -0.1) is 0 Å². The summed E-state index contributed by atoms with van der Waals surface area (Å²) in [6, 6.07) is 17.7. The van der Waals surface area contributed by atoms with E-state index in [4.69, 9.17) is 9.72 Å². The molecule has 9 nitrogen and oxygen atoms in total. The third kappa shape index (κ3) is 5.73. The van der Waals surface area contributed by atoms with E-state index in [9.17, 15) is 4.79 Å². The average molecular weight is 510 g/mol. The third-order valence-electron chi connectivity index (χ3n) is 6.60. The van der Waals surface area contributed by atoms with Crippen molar-refractivity contribution >= 4 is 40.0 Å². The molecule has 194 valence electrons. The third-order valence-corrected chi connectivity index (χ3v) is 6.60. The molecule has 2 aromatic heterocycles. The van der Waals surface area contributed by atoms with Gasteiger partial charge in [-0.25, -0.2) is 9.97 Å². The Morgan fingerprint density at radius 2 is 1.92 bits per heavy atom. The zero-order valence-corrected chi connectivity index (χ0v) is 21.6. The van der Waals surface area contributed by atoms with Crippen LogP contribution in [0.25, 0.3) is 11.0 Å². The lowest BCUT2D eigenvalue weighted by Crippen LogP contribution is -2.44. The highest BCUT2D eigenvalue weighted by Gasteiger charge is 2.17. The van der Waals surface area contributed by atoms with E-state index in [1.165, 1.54) is 6.08 Å². The lowest BCUT2D eigenvalue weighted by atomic mass is 10.1. The van der Waals surface area contributed by atoms with Gasteiger partial charge in [-0.05, 0) is 55.1 Å². The molecule has 9 heteroatoms. The number of pyridine rings is 1. The van der Waals surface area contributed by atoms with Gasteiger partial charge in [0.25, 0.3) is 0 Å². The van der Waals surface area contributed by atoms with Crippen LogP contribution in [0.4, 0.5) is 23.0 Å². The van der Waals surface area contributed by atoms with E-state index in [0.29, 0.717) is 23.7 Å². The Balaban J connectivity index is 1.43. The van der Waals surface area contributed by atoms with Gasteiger partial charge in [0.05, 0.1) is 18.5 Å². The Bertz CT molecular complexity index is 1460. The van der Waals surface area contributed by atoms with Crippen molar-refractivity contribution in [1.29, 1.82) is 0 Å². The van der Waals surface area contributed by atoms with Crippen molar-refractivity contribution in [3.05, 3.63) is 84.7 Å². The van der Waals surface area contributed by atoms with Crippen molar-refractivity contribution in [3.63, 3.8) is 0 Å². The van der Waals surface area contributed by atoms with Crippen LogP contribution in [-0.2, 0) is 11.2 Å². The van der Waals surface area contributed by atoms with Gasteiger partial charge in [0.15, 0.2) is 5.65 Å². The highest BCUT2D eigenvalue weighted by molar-refractivity contribution is 5.98. The van der Waals surface area contributed by atoms with Gasteiger partial charge >= 0.3 is 0 Å². The maximum absolute atomic E-state index is 11.7. The number of fused-ring (bicyclic) bond motifs is 1. The zero-order chi connectivity index (χ0) is 26.5. The Labute approximate surface area is 222 Å². The first-order valence-corrected chi connectivity index (χ1v) is 12.5. The number of ether oxygens (including phenoxy) is 1. The minimum atomic E-state index is -0.252. The molecule has 3 heterocycles. The quantitative estimate of drug-likeness (QED) is 0.341. The van der Waals surface area contributed by atoms with E-state index in [0.717, 1.165) is 59.9 Å². The van der Waals surface area contributed by atoms with Crippen LogP contribution in [0.1, 0.15) is 11.3 Å². The number of benzene rings is 2. The molecule has 0 bridgehead atoms. The Kier molecular flexibility index (Phi) is 7.46. The molecule has 2 aromatic carbocycles. The van der Waals surface area contributed by atoms with Gasteiger partial charge < -0.3 is 25.2 Å². The van der Waals surface area contributed by atoms with Crippen LogP contribution in [0.5, 0.6) is 5.75 Å². The number of likely N-dealkylation sites (N-methyl/N-ethyl adjacent to an activating group) is 1. The Morgan fingerprint density at radius 1 is 1.08 bits per heavy atom. The van der Waals surface area contributed by atoms with E-state index in [1.54, 1.807) is 13.3 Å². The molecule has 1 aliphatic rings. The molecule has 38 heavy (non-hydrogen) atoms. The van der Waals surface area contributed by atoms with Crippen LogP contribution in [0.3, 0.4) is 0 Å². The largest absolute Gasteiger partial charge is 0.494 e. The molecular formula is C29H31N7O2. The summed E-state index contributed by atoms with van der Waals surface area (Å²) in [5.41, 5.74) is 5.03. The summed E-state index contributed by atoms with van der Waals surface area (Å²) in [7, 11) is 3.82. The second-order valence-electron chi connectivity index (χ2n) is 9.24. The van der Waals surface area contributed by atoms with Crippen molar-refractivity contribution in [2.75, 3.05) is 55.9 Å². The fourth-order valence-corrected chi connectivity index (χ4v) is 4.53. The van der Waals surface area contributed by atoms with E-state index in [1.807, 2.05) is 42.5 Å². The lowest BCUT2D eigenvalue weighted by Gasteiger charge is -2.34. The summed E-state index contributed by atoms with van der Waals surface area (Å²) in [6.45, 7) is 7.54. The fraction of sp³-hybridized carbons (Fsp3) is 0.241. The van der Waals surface area contributed by atoms with Gasteiger partial charge in [0, 0.05) is 61.6 Å². The smallest absolute Gasteiger partial charge is 0.247 e. The van der Waals surface area contributed by atoms with Crippen molar-refractivity contribution in [2.45, 2.75) is 6.42 Å². The minimum Gasteiger partial charge on any atom is -0.494 e. The molecule has 1 saturated heterocycles. The van der Waals surface area contributed by atoms with Crippen molar-refractivity contribution < 1.29 is 9.53 Å². The van der Waals surface area contributed by atoms with Gasteiger partial charge in [-0.2, -0.15) is 4.98 Å². The van der Waals surface area contributed by atoms with Gasteiger partial charge in [-0.1, -0.05) is 18.7 Å². The number of anilines is 4. The Hall–Kier alpha value is -4.50. The maximum Gasteiger partial charge on any atom is 0.247 e. The molecule has 0 aliphatic carbocycles.